The number of amides is 2. The van der Waals surface area contributed by atoms with Crippen LogP contribution in [0.5, 0.6) is 0 Å². The van der Waals surface area contributed by atoms with E-state index in [-0.39, 0.29) is 17.8 Å². The summed E-state index contributed by atoms with van der Waals surface area (Å²) in [5.41, 5.74) is 8.63. The molecule has 3 aromatic heterocycles. The minimum Gasteiger partial charge on any atom is -0.382 e. The number of fused-ring (bicyclic) bond motifs is 1. The van der Waals surface area contributed by atoms with E-state index in [4.69, 9.17) is 15.5 Å². The Bertz CT molecular complexity index is 1530. The largest absolute Gasteiger partial charge is 0.382 e. The van der Waals surface area contributed by atoms with Gasteiger partial charge in [-0.15, -0.1) is 0 Å². The summed E-state index contributed by atoms with van der Waals surface area (Å²) in [5.74, 6) is 0.111. The molecule has 1 aliphatic heterocycles. The Kier molecular flexibility index (Phi) is 7.60. The minimum absolute atomic E-state index is 0.0970. The van der Waals surface area contributed by atoms with Crippen LogP contribution in [0.15, 0.2) is 67.1 Å². The Balaban J connectivity index is 1.47. The molecule has 10 nitrogen and oxygen atoms in total. The van der Waals surface area contributed by atoms with E-state index < -0.39 is 11.7 Å². The van der Waals surface area contributed by atoms with Crippen molar-refractivity contribution in [2.75, 3.05) is 31.3 Å². The number of aromatic nitrogens is 4. The Morgan fingerprint density at radius 1 is 1.18 bits per heavy atom. The van der Waals surface area contributed by atoms with E-state index >= 15 is 0 Å². The Hall–Kier alpha value is -4.64. The van der Waals surface area contributed by atoms with Crippen molar-refractivity contribution in [3.05, 3.63) is 84.3 Å². The minimum atomic E-state index is -0.492. The van der Waals surface area contributed by atoms with Crippen molar-refractivity contribution < 1.29 is 18.7 Å². The lowest BCUT2D eigenvalue weighted by atomic mass is 10.0. The van der Waals surface area contributed by atoms with Gasteiger partial charge >= 0.3 is 0 Å². The molecule has 1 saturated heterocycles. The summed E-state index contributed by atoms with van der Waals surface area (Å²) >= 11 is 0. The molecule has 1 atom stereocenters. The molecule has 5 rings (SSSR count). The molecule has 39 heavy (non-hydrogen) atoms. The highest BCUT2D eigenvalue weighted by atomic mass is 19.1. The number of piperidine rings is 1. The number of carbonyl (C=O) groups excluding carboxylic acids is 2. The molecule has 0 unspecified atom stereocenters. The fourth-order valence-corrected chi connectivity index (χ4v) is 4.77. The number of benzene rings is 1. The number of nitrogens with two attached hydrogens (primary N) is 1. The molecule has 1 aliphatic rings. The molecule has 200 valence electrons. The highest BCUT2D eigenvalue weighted by Crippen LogP contribution is 2.36. The third-order valence-corrected chi connectivity index (χ3v) is 6.60. The van der Waals surface area contributed by atoms with Crippen molar-refractivity contribution in [2.45, 2.75) is 25.3 Å². The summed E-state index contributed by atoms with van der Waals surface area (Å²) in [6.07, 6.45) is 10.6. The molecule has 0 bridgehead atoms. The van der Waals surface area contributed by atoms with Crippen LogP contribution in [0.3, 0.4) is 0 Å². The van der Waals surface area contributed by atoms with Gasteiger partial charge < -0.3 is 20.7 Å². The van der Waals surface area contributed by atoms with Gasteiger partial charge in [-0.2, -0.15) is 0 Å². The number of imidazole rings is 1. The van der Waals surface area contributed by atoms with Crippen molar-refractivity contribution in [1.29, 1.82) is 0 Å². The first-order valence-corrected chi connectivity index (χ1v) is 12.6. The lowest BCUT2D eigenvalue weighted by Crippen LogP contribution is -2.38. The lowest BCUT2D eigenvalue weighted by molar-refractivity contribution is -0.130. The molecule has 2 amide bonds. The van der Waals surface area contributed by atoms with Crippen molar-refractivity contribution in [3.8, 4) is 11.3 Å². The van der Waals surface area contributed by atoms with Crippen LogP contribution in [-0.2, 0) is 9.53 Å². The first-order chi connectivity index (χ1) is 19.0. The number of anilines is 2. The Labute approximate surface area is 224 Å². The third kappa shape index (κ3) is 5.48. The molecule has 3 N–H and O–H groups in total. The maximum atomic E-state index is 13.4. The first kappa shape index (κ1) is 26.0. The van der Waals surface area contributed by atoms with Crippen LogP contribution in [0, 0.1) is 5.82 Å². The monoisotopic (exact) mass is 529 g/mol. The summed E-state index contributed by atoms with van der Waals surface area (Å²) in [6, 6.07) is 8.94. The maximum Gasteiger partial charge on any atom is 0.256 e. The zero-order chi connectivity index (χ0) is 27.4. The number of methoxy groups -OCH3 is 1. The second-order valence-electron chi connectivity index (χ2n) is 9.14. The van der Waals surface area contributed by atoms with E-state index in [9.17, 15) is 14.0 Å². The van der Waals surface area contributed by atoms with Gasteiger partial charge in [-0.25, -0.2) is 19.3 Å². The van der Waals surface area contributed by atoms with Crippen molar-refractivity contribution in [2.24, 2.45) is 0 Å². The van der Waals surface area contributed by atoms with Crippen molar-refractivity contribution in [3.63, 3.8) is 0 Å². The SMILES string of the molecule is COC/C=C/C(=O)N1CCCC[C@H]1c1nc(-c2ccc(C(=O)Nc3cc(F)ccn3)cc2)c2c(N)nccn12. The van der Waals surface area contributed by atoms with Gasteiger partial charge in [-0.1, -0.05) is 18.2 Å². The molecular formula is C28H28FN7O3. The van der Waals surface area contributed by atoms with Gasteiger partial charge in [-0.05, 0) is 37.5 Å². The fraction of sp³-hybridized carbons (Fsp3) is 0.250. The first-order valence-electron chi connectivity index (χ1n) is 12.6. The number of ether oxygens (including phenoxy) is 1. The summed E-state index contributed by atoms with van der Waals surface area (Å²) in [4.78, 5) is 40.7. The number of nitrogens with one attached hydrogen (secondary N) is 1. The summed E-state index contributed by atoms with van der Waals surface area (Å²) in [5, 5.41) is 2.59. The maximum absolute atomic E-state index is 13.4. The molecule has 0 radical (unpaired) electrons. The van der Waals surface area contributed by atoms with Crippen molar-refractivity contribution in [1.82, 2.24) is 24.3 Å². The third-order valence-electron chi connectivity index (χ3n) is 6.60. The number of pyridine rings is 1. The molecule has 11 heteroatoms. The number of nitrogens with zero attached hydrogens (tertiary/aromatic N) is 5. The normalized spacial score (nSPS) is 15.6. The molecule has 4 heterocycles. The number of likely N-dealkylation sites (tertiary alicyclic amines) is 1. The summed E-state index contributed by atoms with van der Waals surface area (Å²) in [6.45, 7) is 0.977. The van der Waals surface area contributed by atoms with Gasteiger partial charge in [0.05, 0.1) is 12.6 Å². The highest BCUT2D eigenvalue weighted by molar-refractivity contribution is 6.04. The van der Waals surface area contributed by atoms with Crippen LogP contribution < -0.4 is 11.1 Å². The fourth-order valence-electron chi connectivity index (χ4n) is 4.77. The number of hydrogen-bond acceptors (Lipinski definition) is 7. The Morgan fingerprint density at radius 3 is 2.77 bits per heavy atom. The van der Waals surface area contributed by atoms with Gasteiger partial charge in [0.1, 0.15) is 34.5 Å². The van der Waals surface area contributed by atoms with E-state index in [1.807, 2.05) is 9.30 Å². The van der Waals surface area contributed by atoms with Gasteiger partial charge in [0, 0.05) is 55.5 Å². The van der Waals surface area contributed by atoms with Gasteiger partial charge in [-0.3, -0.25) is 14.0 Å². The predicted molar refractivity (Wildman–Crippen MR) is 144 cm³/mol. The van der Waals surface area contributed by atoms with Crippen LogP contribution in [0.1, 0.15) is 41.5 Å². The number of nitrogen functional groups attached to an aromatic ring is 1. The van der Waals surface area contributed by atoms with E-state index in [2.05, 4.69) is 15.3 Å². The quantitative estimate of drug-likeness (QED) is 0.346. The van der Waals surface area contributed by atoms with E-state index in [1.165, 1.54) is 18.3 Å². The lowest BCUT2D eigenvalue weighted by Gasteiger charge is -2.34. The number of rotatable bonds is 7. The summed E-state index contributed by atoms with van der Waals surface area (Å²) in [7, 11) is 1.58. The second-order valence-corrected chi connectivity index (χ2v) is 9.14. The number of halogens is 1. The number of carbonyl (C=O) groups is 2. The van der Waals surface area contributed by atoms with Crippen LogP contribution in [0.4, 0.5) is 16.0 Å². The zero-order valence-corrected chi connectivity index (χ0v) is 21.4. The van der Waals surface area contributed by atoms with Crippen LogP contribution >= 0.6 is 0 Å². The molecule has 1 fully saturated rings. The topological polar surface area (TPSA) is 128 Å². The Morgan fingerprint density at radius 2 is 2.00 bits per heavy atom. The number of hydrogen-bond donors (Lipinski definition) is 2. The van der Waals surface area contributed by atoms with Gasteiger partial charge in [0.25, 0.3) is 5.91 Å². The second kappa shape index (κ2) is 11.4. The van der Waals surface area contributed by atoms with E-state index in [0.29, 0.717) is 41.6 Å². The van der Waals surface area contributed by atoms with Crippen LogP contribution in [0.2, 0.25) is 0 Å². The summed E-state index contributed by atoms with van der Waals surface area (Å²) < 4.78 is 20.4. The molecule has 1 aromatic carbocycles. The van der Waals surface area contributed by atoms with E-state index in [0.717, 1.165) is 30.9 Å². The average Bonchev–Trinajstić information content (AvgIpc) is 3.34. The molecular weight excluding hydrogens is 501 g/mol. The zero-order valence-electron chi connectivity index (χ0n) is 21.4. The standard InChI is InChI=1S/C28H28FN7O3/c1-39-16-4-6-23(37)35-14-3-2-5-21(35)27-34-24(25-26(30)32-13-15-36(25)27)18-7-9-19(10-8-18)28(38)33-22-17-20(29)11-12-31-22/h4,6-13,15,17,21H,2-3,5,14,16H2,1H3,(H2,30,32)(H,31,33,38)/b6-4+/t21-/m0/s1. The molecule has 0 aliphatic carbocycles. The average molecular weight is 530 g/mol. The highest BCUT2D eigenvalue weighted by Gasteiger charge is 2.31. The van der Waals surface area contributed by atoms with Gasteiger partial charge in [0.15, 0.2) is 0 Å². The van der Waals surface area contributed by atoms with Crippen molar-refractivity contribution >= 4 is 29.0 Å². The van der Waals surface area contributed by atoms with E-state index in [1.54, 1.807) is 49.8 Å². The molecule has 0 spiro atoms. The van der Waals surface area contributed by atoms with Crippen LogP contribution in [0.25, 0.3) is 16.8 Å². The predicted octanol–water partition coefficient (Wildman–Crippen LogP) is 4.02. The van der Waals surface area contributed by atoms with Crippen LogP contribution in [-0.4, -0.2) is 56.3 Å². The molecule has 0 saturated carbocycles. The van der Waals surface area contributed by atoms with Gasteiger partial charge in [0.2, 0.25) is 5.91 Å². The smallest absolute Gasteiger partial charge is 0.256 e. The molecule has 4 aromatic rings.